The van der Waals surface area contributed by atoms with E-state index in [4.69, 9.17) is 0 Å². The summed E-state index contributed by atoms with van der Waals surface area (Å²) in [5.74, 6) is 0. The summed E-state index contributed by atoms with van der Waals surface area (Å²) in [4.78, 5) is 0. The molecule has 0 nitrogen and oxygen atoms in total. The van der Waals surface area contributed by atoms with Crippen LogP contribution in [0.25, 0.3) is 0 Å². The van der Waals surface area contributed by atoms with Crippen molar-refractivity contribution >= 4 is 17.5 Å². The van der Waals surface area contributed by atoms with E-state index in [1.165, 1.54) is 38.5 Å². The van der Waals surface area contributed by atoms with Crippen molar-refractivity contribution in [3.05, 3.63) is 7.43 Å². The van der Waals surface area contributed by atoms with Gasteiger partial charge in [-0.05, 0) is 67.2 Å². The van der Waals surface area contributed by atoms with E-state index >= 15 is 0 Å². The van der Waals surface area contributed by atoms with Gasteiger partial charge < -0.3 is 7.43 Å². The predicted octanol–water partition coefficient (Wildman–Crippen LogP) is 7.68. The molecule has 1 fully saturated rings. The standard InChI is InChI=1S/C14H29P.C3H8.CH3.ClH.Pd/c1-13(2,3)15(14(4,5)6)12-10-8-7-9-11-12;1-3-2;;;/h12H,7-11H2,1-6H3;3H2,1-2H3;1H3;1H;/q;;-1;;+2. The Hall–Kier alpha value is 1.38. The van der Waals surface area contributed by atoms with E-state index in [9.17, 15) is 0 Å². The van der Waals surface area contributed by atoms with Crippen LogP contribution < -0.4 is 0 Å². The zero-order valence-corrected chi connectivity index (χ0v) is 19.3. The predicted molar refractivity (Wildman–Crippen MR) is 103 cm³/mol. The molecule has 21 heavy (non-hydrogen) atoms. The van der Waals surface area contributed by atoms with E-state index in [-0.39, 0.29) is 15.3 Å². The van der Waals surface area contributed by atoms with Gasteiger partial charge in [0.05, 0.1) is 16.0 Å². The van der Waals surface area contributed by atoms with Gasteiger partial charge in [0.25, 0.3) is 0 Å². The van der Waals surface area contributed by atoms with Gasteiger partial charge in [0, 0.05) is 7.92 Å². The van der Waals surface area contributed by atoms with Crippen molar-refractivity contribution in [2.75, 3.05) is 0 Å². The summed E-state index contributed by atoms with van der Waals surface area (Å²) in [6.45, 7) is 19.1. The van der Waals surface area contributed by atoms with Crippen LogP contribution in [0.4, 0.5) is 0 Å². The summed E-state index contributed by atoms with van der Waals surface area (Å²) in [6, 6.07) is 0. The van der Waals surface area contributed by atoms with Crippen molar-refractivity contribution in [1.82, 2.24) is 0 Å². The summed E-state index contributed by atoms with van der Waals surface area (Å²) < 4.78 is 0. The Labute approximate surface area is 152 Å². The van der Waals surface area contributed by atoms with E-state index < -0.39 is 0 Å². The Morgan fingerprint density at radius 2 is 1.14 bits per heavy atom. The van der Waals surface area contributed by atoms with E-state index in [2.05, 4.69) is 83.1 Å². The average molecular weight is 430 g/mol. The van der Waals surface area contributed by atoms with Crippen molar-refractivity contribution in [2.24, 2.45) is 0 Å². The Balaban J connectivity index is -0.000000479. The summed E-state index contributed by atoms with van der Waals surface area (Å²) in [5.41, 5.74) is 1.07. The molecule has 0 atom stereocenters. The molecule has 0 heterocycles. The van der Waals surface area contributed by atoms with Gasteiger partial charge in [-0.1, -0.05) is 26.7 Å². The monoisotopic (exact) mass is 429 g/mol. The molecule has 134 valence electrons. The molecule has 0 N–H and O–H groups in total. The fourth-order valence-electron chi connectivity index (χ4n) is 3.74. The minimum atomic E-state index is -0.276. The molecule has 0 aromatic rings. The molecule has 0 amide bonds. The molecule has 0 saturated heterocycles. The molecule has 0 radical (unpaired) electrons. The van der Waals surface area contributed by atoms with Gasteiger partial charge in [-0.15, -0.1) is 0 Å². The zero-order valence-electron chi connectivity index (χ0n) is 16.0. The van der Waals surface area contributed by atoms with Crippen LogP contribution in [0.1, 0.15) is 93.9 Å². The molecule has 1 saturated carbocycles. The number of halogens is 1. The van der Waals surface area contributed by atoms with Crippen LogP contribution in [0, 0.1) is 7.43 Å². The van der Waals surface area contributed by atoms with E-state index in [1.807, 2.05) is 0 Å². The van der Waals surface area contributed by atoms with Crippen LogP contribution in [-0.2, 0) is 18.2 Å². The summed E-state index contributed by atoms with van der Waals surface area (Å²) in [5, 5.41) is 1.12. The Morgan fingerprint density at radius 3 is 1.38 bits per heavy atom. The molecule has 0 aromatic heterocycles. The van der Waals surface area contributed by atoms with E-state index in [1.54, 1.807) is 0 Å². The second kappa shape index (κ2) is 13.8. The second-order valence-electron chi connectivity index (χ2n) is 7.96. The third kappa shape index (κ3) is 12.5. The Morgan fingerprint density at radius 1 is 0.857 bits per heavy atom. The van der Waals surface area contributed by atoms with Crippen molar-refractivity contribution in [3.63, 3.8) is 0 Å². The van der Waals surface area contributed by atoms with Crippen LogP contribution in [-0.4, -0.2) is 16.0 Å². The first-order chi connectivity index (χ1) is 9.14. The SMILES string of the molecule is CC(C)(C)[PH+](C1CCCCC1)C(C)(C)C.CCC.[CH3-].[Cl][Pd+]. The Kier molecular flexibility index (Phi) is 17.9. The van der Waals surface area contributed by atoms with E-state index in [0.717, 1.165) is 5.66 Å². The third-order valence-corrected chi connectivity index (χ3v) is 8.26. The van der Waals surface area contributed by atoms with Crippen molar-refractivity contribution in [2.45, 2.75) is 110 Å². The Bertz CT molecular complexity index is 198. The van der Waals surface area contributed by atoms with Crippen molar-refractivity contribution in [1.29, 1.82) is 0 Å². The number of hydrogen-bond acceptors (Lipinski definition) is 0. The van der Waals surface area contributed by atoms with Crippen LogP contribution in [0.15, 0.2) is 0 Å². The van der Waals surface area contributed by atoms with Gasteiger partial charge >= 0.3 is 27.7 Å². The molecule has 1 aliphatic rings. The third-order valence-electron chi connectivity index (χ3n) is 3.63. The van der Waals surface area contributed by atoms with Gasteiger partial charge in [-0.3, -0.25) is 0 Å². The molecule has 0 aliphatic heterocycles. The van der Waals surface area contributed by atoms with Gasteiger partial charge in [0.15, 0.2) is 0 Å². The zero-order chi connectivity index (χ0) is 16.4. The molecule has 0 aromatic carbocycles. The fraction of sp³-hybridized carbons (Fsp3) is 0.944. The molecular formula is C18H41ClPPd+. The molecule has 1 rings (SSSR count). The molecule has 0 unspecified atom stereocenters. The summed E-state index contributed by atoms with van der Waals surface area (Å²) in [6.07, 6.45) is 8.75. The van der Waals surface area contributed by atoms with Crippen LogP contribution in [0.2, 0.25) is 0 Å². The molecule has 1 aliphatic carbocycles. The average Bonchev–Trinajstić information content (AvgIpc) is 2.30. The van der Waals surface area contributed by atoms with Crippen LogP contribution >= 0.6 is 17.5 Å². The second-order valence-corrected chi connectivity index (χ2v) is 12.6. The van der Waals surface area contributed by atoms with Gasteiger partial charge in [0.2, 0.25) is 0 Å². The van der Waals surface area contributed by atoms with Gasteiger partial charge in [-0.25, -0.2) is 0 Å². The topological polar surface area (TPSA) is 0 Å². The van der Waals surface area contributed by atoms with Crippen molar-refractivity contribution in [3.8, 4) is 0 Å². The van der Waals surface area contributed by atoms with Crippen LogP contribution in [0.3, 0.4) is 0 Å². The van der Waals surface area contributed by atoms with Gasteiger partial charge in [-0.2, -0.15) is 0 Å². The molecule has 3 heteroatoms. The first kappa shape index (κ1) is 27.2. The van der Waals surface area contributed by atoms with Crippen molar-refractivity contribution < 1.29 is 18.2 Å². The number of rotatable bonds is 1. The van der Waals surface area contributed by atoms with E-state index in [0.29, 0.717) is 10.3 Å². The molecule has 0 bridgehead atoms. The quantitative estimate of drug-likeness (QED) is 0.227. The first-order valence-corrected chi connectivity index (χ1v) is 11.7. The fourth-order valence-corrected chi connectivity index (χ4v) is 9.43. The molecule has 0 spiro atoms. The van der Waals surface area contributed by atoms with Gasteiger partial charge in [0.1, 0.15) is 0 Å². The number of hydrogen-bond donors (Lipinski definition) is 0. The first-order valence-electron chi connectivity index (χ1n) is 8.14. The summed E-state index contributed by atoms with van der Waals surface area (Å²) >= 11 is 2.22. The minimum absolute atomic E-state index is 0. The maximum atomic E-state index is 4.49. The maximum absolute atomic E-state index is 4.49. The summed E-state index contributed by atoms with van der Waals surface area (Å²) in [7, 11) is 4.21. The van der Waals surface area contributed by atoms with Crippen LogP contribution in [0.5, 0.6) is 0 Å². The normalized spacial score (nSPS) is 16.2. The molecular weight excluding hydrogens is 389 g/mol.